The number of hydrogen-bond donors (Lipinski definition) is 2. The van der Waals surface area contributed by atoms with Crippen LogP contribution in [0, 0.1) is 11.8 Å². The predicted octanol–water partition coefficient (Wildman–Crippen LogP) is 2.58. The second-order valence-electron chi connectivity index (χ2n) is 8.56. The molecule has 2 N–H and O–H groups in total. The Morgan fingerprint density at radius 3 is 2.29 bits per heavy atom. The van der Waals surface area contributed by atoms with Gasteiger partial charge < -0.3 is 20.1 Å². The summed E-state index contributed by atoms with van der Waals surface area (Å²) in [5.74, 6) is -1.34. The topological polar surface area (TPSA) is 95.9 Å². The third kappa shape index (κ3) is 6.19. The Hall–Kier alpha value is -1.63. The highest BCUT2D eigenvalue weighted by atomic mass is 16.5. The molecule has 1 saturated carbocycles. The van der Waals surface area contributed by atoms with E-state index in [2.05, 4.69) is 5.32 Å². The molecule has 0 aromatic carbocycles. The molecule has 7 nitrogen and oxygen atoms in total. The Bertz CT molecular complexity index is 545. The summed E-state index contributed by atoms with van der Waals surface area (Å²) in [7, 11) is 0. The number of carbonyl (C=O) groups excluding carboxylic acids is 2. The number of aliphatic carboxylic acids is 1. The van der Waals surface area contributed by atoms with Gasteiger partial charge in [0.1, 0.15) is 12.1 Å². The van der Waals surface area contributed by atoms with Crippen molar-refractivity contribution >= 4 is 17.8 Å². The first-order valence-electron chi connectivity index (χ1n) is 10.8. The Morgan fingerprint density at radius 1 is 1.04 bits per heavy atom. The number of nitrogens with one attached hydrogen (secondary N) is 1. The van der Waals surface area contributed by atoms with Gasteiger partial charge in [0, 0.05) is 19.1 Å². The van der Waals surface area contributed by atoms with E-state index >= 15 is 0 Å². The van der Waals surface area contributed by atoms with Gasteiger partial charge in [0.25, 0.3) is 0 Å². The highest BCUT2D eigenvalue weighted by Crippen LogP contribution is 2.25. The monoisotopic (exact) mass is 396 g/mol. The van der Waals surface area contributed by atoms with Gasteiger partial charge in [-0.25, -0.2) is 4.79 Å². The number of amides is 2. The lowest BCUT2D eigenvalue weighted by atomic mass is 9.90. The summed E-state index contributed by atoms with van der Waals surface area (Å²) in [6.07, 6.45) is 7.47. The van der Waals surface area contributed by atoms with E-state index in [0.717, 1.165) is 25.7 Å². The first-order valence-corrected chi connectivity index (χ1v) is 10.8. The summed E-state index contributed by atoms with van der Waals surface area (Å²) in [4.78, 5) is 38.6. The van der Waals surface area contributed by atoms with Gasteiger partial charge >= 0.3 is 5.97 Å². The molecule has 2 amide bonds. The third-order valence-corrected chi connectivity index (χ3v) is 5.95. The average Bonchev–Trinajstić information content (AvgIpc) is 2.70. The summed E-state index contributed by atoms with van der Waals surface area (Å²) < 4.78 is 6.02. The van der Waals surface area contributed by atoms with Crippen molar-refractivity contribution in [2.75, 3.05) is 13.2 Å². The zero-order chi connectivity index (χ0) is 20.7. The number of carboxylic acids is 1. The van der Waals surface area contributed by atoms with Crippen molar-refractivity contribution in [3.8, 4) is 0 Å². The fourth-order valence-electron chi connectivity index (χ4n) is 4.07. The van der Waals surface area contributed by atoms with Crippen LogP contribution in [-0.2, 0) is 19.1 Å². The first-order chi connectivity index (χ1) is 13.3. The van der Waals surface area contributed by atoms with Crippen LogP contribution in [-0.4, -0.2) is 59.1 Å². The number of ether oxygens (including phenoxy) is 1. The largest absolute Gasteiger partial charge is 0.480 e. The van der Waals surface area contributed by atoms with Gasteiger partial charge in [-0.2, -0.15) is 0 Å². The second kappa shape index (κ2) is 10.8. The molecule has 3 atom stereocenters. The molecule has 0 aromatic rings. The number of nitrogens with zero attached hydrogens (tertiary/aromatic N) is 1. The quantitative estimate of drug-likeness (QED) is 0.657. The van der Waals surface area contributed by atoms with Crippen molar-refractivity contribution < 1.29 is 24.2 Å². The van der Waals surface area contributed by atoms with Crippen molar-refractivity contribution in [1.29, 1.82) is 0 Å². The highest BCUT2D eigenvalue weighted by molar-refractivity contribution is 5.91. The van der Waals surface area contributed by atoms with Gasteiger partial charge in [-0.15, -0.1) is 0 Å². The van der Waals surface area contributed by atoms with E-state index in [1.165, 1.54) is 24.2 Å². The molecule has 1 aliphatic carbocycles. The van der Waals surface area contributed by atoms with Crippen LogP contribution in [0.2, 0.25) is 0 Å². The summed E-state index contributed by atoms with van der Waals surface area (Å²) in [5, 5.41) is 12.3. The molecule has 0 aromatic heterocycles. The van der Waals surface area contributed by atoms with Gasteiger partial charge in [-0.1, -0.05) is 33.1 Å². The molecular weight excluding hydrogens is 360 g/mol. The molecule has 2 rings (SSSR count). The van der Waals surface area contributed by atoms with Crippen LogP contribution in [0.3, 0.4) is 0 Å². The molecule has 2 aliphatic rings. The van der Waals surface area contributed by atoms with E-state index in [1.54, 1.807) is 20.8 Å². The molecule has 160 valence electrons. The lowest BCUT2D eigenvalue weighted by molar-refractivity contribution is -0.155. The molecule has 2 fully saturated rings. The molecule has 1 heterocycles. The minimum atomic E-state index is -0.988. The second-order valence-corrected chi connectivity index (χ2v) is 8.56. The zero-order valence-electron chi connectivity index (χ0n) is 17.5. The number of rotatable bonds is 8. The molecule has 1 aliphatic heterocycles. The van der Waals surface area contributed by atoms with E-state index in [4.69, 9.17) is 4.74 Å². The van der Waals surface area contributed by atoms with Gasteiger partial charge in [-0.3, -0.25) is 9.59 Å². The zero-order valence-corrected chi connectivity index (χ0v) is 17.5. The maximum Gasteiger partial charge on any atom is 0.326 e. The average molecular weight is 397 g/mol. The summed E-state index contributed by atoms with van der Waals surface area (Å²) in [6.45, 7) is 6.31. The van der Waals surface area contributed by atoms with Crippen molar-refractivity contribution in [3.05, 3.63) is 0 Å². The smallest absolute Gasteiger partial charge is 0.326 e. The molecule has 3 unspecified atom stereocenters. The van der Waals surface area contributed by atoms with E-state index in [-0.39, 0.29) is 17.7 Å². The maximum atomic E-state index is 13.2. The minimum Gasteiger partial charge on any atom is -0.480 e. The van der Waals surface area contributed by atoms with Crippen LogP contribution >= 0.6 is 0 Å². The van der Waals surface area contributed by atoms with Crippen LogP contribution in [0.25, 0.3) is 0 Å². The van der Waals surface area contributed by atoms with Crippen molar-refractivity contribution in [2.45, 2.75) is 90.3 Å². The highest BCUT2D eigenvalue weighted by Gasteiger charge is 2.38. The Balaban J connectivity index is 2.08. The van der Waals surface area contributed by atoms with Gasteiger partial charge in [0.15, 0.2) is 0 Å². The molecular formula is C21H36N2O5. The van der Waals surface area contributed by atoms with Crippen LogP contribution in [0.15, 0.2) is 0 Å². The Labute approximate surface area is 168 Å². The Morgan fingerprint density at radius 2 is 1.68 bits per heavy atom. The summed E-state index contributed by atoms with van der Waals surface area (Å²) in [6, 6.07) is -1.69. The SMILES string of the molecule is CC(C)C(=O)NC(C(=O)N1CCCCC1C(=O)O)C(C)OCC1CCCCC1. The number of carbonyl (C=O) groups is 3. The number of likely N-dealkylation sites (tertiary alicyclic amines) is 1. The fraction of sp³-hybridized carbons (Fsp3) is 0.857. The lowest BCUT2D eigenvalue weighted by Crippen LogP contribution is -2.59. The van der Waals surface area contributed by atoms with E-state index in [0.29, 0.717) is 25.5 Å². The molecule has 0 spiro atoms. The normalized spacial score (nSPS) is 23.3. The fourth-order valence-corrected chi connectivity index (χ4v) is 4.07. The van der Waals surface area contributed by atoms with Crippen molar-refractivity contribution in [1.82, 2.24) is 10.2 Å². The standard InChI is InChI=1S/C21H36N2O5/c1-14(2)19(24)22-18(15(3)28-13-16-9-5-4-6-10-16)20(25)23-12-8-7-11-17(23)21(26)27/h14-18H,4-13H2,1-3H3,(H,22,24)(H,26,27). The summed E-state index contributed by atoms with van der Waals surface area (Å²) >= 11 is 0. The van der Waals surface area contributed by atoms with Crippen molar-refractivity contribution in [2.24, 2.45) is 11.8 Å². The maximum absolute atomic E-state index is 13.2. The third-order valence-electron chi connectivity index (χ3n) is 5.95. The first kappa shape index (κ1) is 22.7. The van der Waals surface area contributed by atoms with Crippen LogP contribution in [0.5, 0.6) is 0 Å². The van der Waals surface area contributed by atoms with Gasteiger partial charge in [-0.05, 0) is 44.9 Å². The Kier molecular flexibility index (Phi) is 8.73. The van der Waals surface area contributed by atoms with Crippen molar-refractivity contribution in [3.63, 3.8) is 0 Å². The van der Waals surface area contributed by atoms with Crippen LogP contribution < -0.4 is 5.32 Å². The van der Waals surface area contributed by atoms with Crippen LogP contribution in [0.4, 0.5) is 0 Å². The summed E-state index contributed by atoms with van der Waals surface area (Å²) in [5.41, 5.74) is 0. The van der Waals surface area contributed by atoms with E-state index < -0.39 is 24.2 Å². The van der Waals surface area contributed by atoms with Gasteiger partial charge in [0.2, 0.25) is 11.8 Å². The molecule has 1 saturated heterocycles. The van der Waals surface area contributed by atoms with E-state index in [1.807, 2.05) is 0 Å². The molecule has 28 heavy (non-hydrogen) atoms. The molecule has 0 bridgehead atoms. The molecule has 0 radical (unpaired) electrons. The van der Waals surface area contributed by atoms with Crippen LogP contribution in [0.1, 0.15) is 72.1 Å². The molecule has 7 heteroatoms. The van der Waals surface area contributed by atoms with Gasteiger partial charge in [0.05, 0.1) is 6.10 Å². The minimum absolute atomic E-state index is 0.227. The van der Waals surface area contributed by atoms with E-state index in [9.17, 15) is 19.5 Å². The number of piperidine rings is 1. The number of carboxylic acid groups (broad SMARTS) is 1. The lowest BCUT2D eigenvalue weighted by Gasteiger charge is -2.37. The number of hydrogen-bond acceptors (Lipinski definition) is 4. The predicted molar refractivity (Wildman–Crippen MR) is 106 cm³/mol.